The Labute approximate surface area is 158 Å². The summed E-state index contributed by atoms with van der Waals surface area (Å²) in [5.74, 6) is 1.82. The minimum absolute atomic E-state index is 0.00702. The van der Waals surface area contributed by atoms with E-state index in [9.17, 15) is 4.79 Å². The van der Waals surface area contributed by atoms with Crippen molar-refractivity contribution in [1.82, 2.24) is 4.98 Å². The second-order valence-corrected chi connectivity index (χ2v) is 8.32. The largest absolute Gasteiger partial charge is 0.489 e. The summed E-state index contributed by atoms with van der Waals surface area (Å²) in [6, 6.07) is 12.0. The van der Waals surface area contributed by atoms with Gasteiger partial charge in [-0.05, 0) is 48.9 Å². The number of carbonyl (C=O) groups is 1. The number of hydrogen-bond donors (Lipinski definition) is 1. The molecule has 1 fully saturated rings. The van der Waals surface area contributed by atoms with Gasteiger partial charge in [0.15, 0.2) is 11.6 Å². The van der Waals surface area contributed by atoms with Crippen molar-refractivity contribution in [3.05, 3.63) is 48.2 Å². The van der Waals surface area contributed by atoms with E-state index in [1.807, 2.05) is 24.3 Å². The Kier molecular flexibility index (Phi) is 5.44. The molecule has 2 aromatic rings. The van der Waals surface area contributed by atoms with Gasteiger partial charge in [-0.15, -0.1) is 11.8 Å². The lowest BCUT2D eigenvalue weighted by atomic mass is 9.90. The highest BCUT2D eigenvalue weighted by Gasteiger charge is 2.28. The predicted octanol–water partition coefficient (Wildman–Crippen LogP) is 4.70. The lowest BCUT2D eigenvalue weighted by Gasteiger charge is -2.22. The molecule has 4 nitrogen and oxygen atoms in total. The lowest BCUT2D eigenvalue weighted by molar-refractivity contribution is -0.115. The van der Waals surface area contributed by atoms with Gasteiger partial charge in [0.1, 0.15) is 0 Å². The van der Waals surface area contributed by atoms with Crippen LogP contribution in [0.15, 0.2) is 47.5 Å². The summed E-state index contributed by atoms with van der Waals surface area (Å²) < 4.78 is 6.02. The highest BCUT2D eigenvalue weighted by Crippen LogP contribution is 2.37. The van der Waals surface area contributed by atoms with E-state index in [-0.39, 0.29) is 11.2 Å². The molecule has 0 bridgehead atoms. The maximum Gasteiger partial charge on any atom is 0.239 e. The topological polar surface area (TPSA) is 51.2 Å². The number of thioether (sulfide) groups is 1. The Hall–Kier alpha value is -2.01. The molecule has 1 unspecified atom stereocenters. The van der Waals surface area contributed by atoms with Crippen LogP contribution in [-0.4, -0.2) is 22.7 Å². The first kappa shape index (κ1) is 17.4. The maximum absolute atomic E-state index is 12.7. The van der Waals surface area contributed by atoms with Gasteiger partial charge in [0.05, 0.1) is 11.9 Å². The molecule has 136 valence electrons. The maximum atomic E-state index is 12.7. The van der Waals surface area contributed by atoms with Gasteiger partial charge >= 0.3 is 0 Å². The fourth-order valence-electron chi connectivity index (χ4n) is 3.69. The summed E-state index contributed by atoms with van der Waals surface area (Å²) >= 11 is 1.62. The van der Waals surface area contributed by atoms with Crippen molar-refractivity contribution in [2.24, 2.45) is 5.92 Å². The third-order valence-electron chi connectivity index (χ3n) is 5.15. The Balaban J connectivity index is 1.38. The number of carbonyl (C=O) groups excluding carboxylic acids is 1. The van der Waals surface area contributed by atoms with E-state index in [0.717, 1.165) is 6.42 Å². The molecule has 0 saturated heterocycles. The van der Waals surface area contributed by atoms with Gasteiger partial charge in [-0.3, -0.25) is 4.79 Å². The molecule has 1 aliphatic carbocycles. The van der Waals surface area contributed by atoms with Crippen LogP contribution < -0.4 is 10.1 Å². The first-order chi connectivity index (χ1) is 12.8. The summed E-state index contributed by atoms with van der Waals surface area (Å²) in [7, 11) is 0. The Morgan fingerprint density at radius 2 is 2.00 bits per heavy atom. The SMILES string of the molecule is O=C(Nc1ncccc1OCC1CCCCC1)C1Cc2ccccc2S1. The molecular formula is C21H24N2O2S. The number of aromatic nitrogens is 1. The molecule has 26 heavy (non-hydrogen) atoms. The second-order valence-electron chi connectivity index (χ2n) is 7.07. The molecule has 0 spiro atoms. The molecule has 1 N–H and O–H groups in total. The van der Waals surface area contributed by atoms with Crippen molar-refractivity contribution < 1.29 is 9.53 Å². The van der Waals surface area contributed by atoms with Crippen LogP contribution in [0.2, 0.25) is 0 Å². The summed E-state index contributed by atoms with van der Waals surface area (Å²) in [6.45, 7) is 0.707. The molecule has 1 aromatic heterocycles. The molecule has 5 heteroatoms. The van der Waals surface area contributed by atoms with Crippen molar-refractivity contribution >= 4 is 23.5 Å². The molecular weight excluding hydrogens is 344 g/mol. The first-order valence-corrected chi connectivity index (χ1v) is 10.3. The van der Waals surface area contributed by atoms with Crippen LogP contribution >= 0.6 is 11.8 Å². The third-order valence-corrected chi connectivity index (χ3v) is 6.47. The number of amides is 1. The molecule has 1 amide bonds. The molecule has 0 radical (unpaired) electrons. The van der Waals surface area contributed by atoms with Crippen LogP contribution in [0.5, 0.6) is 5.75 Å². The second kappa shape index (κ2) is 8.12. The van der Waals surface area contributed by atoms with Crippen LogP contribution in [0, 0.1) is 5.92 Å². The minimum Gasteiger partial charge on any atom is -0.489 e. The Bertz CT molecular complexity index is 749. The normalized spacial score (nSPS) is 19.8. The first-order valence-electron chi connectivity index (χ1n) is 9.43. The van der Waals surface area contributed by atoms with Gasteiger partial charge in [-0.2, -0.15) is 0 Å². The molecule has 1 saturated carbocycles. The number of nitrogens with zero attached hydrogens (tertiary/aromatic N) is 1. The van der Waals surface area contributed by atoms with Gasteiger partial charge in [0.2, 0.25) is 5.91 Å². The Morgan fingerprint density at radius 3 is 2.85 bits per heavy atom. The van der Waals surface area contributed by atoms with E-state index in [2.05, 4.69) is 22.4 Å². The number of nitrogens with one attached hydrogen (secondary N) is 1. The monoisotopic (exact) mass is 368 g/mol. The van der Waals surface area contributed by atoms with Gasteiger partial charge < -0.3 is 10.1 Å². The van der Waals surface area contributed by atoms with Crippen LogP contribution in [0.3, 0.4) is 0 Å². The van der Waals surface area contributed by atoms with Crippen LogP contribution in [-0.2, 0) is 11.2 Å². The average Bonchev–Trinajstić information content (AvgIpc) is 3.12. The zero-order chi connectivity index (χ0) is 17.8. The molecule has 4 rings (SSSR count). The van der Waals surface area contributed by atoms with Crippen LogP contribution in [0.25, 0.3) is 0 Å². The zero-order valence-electron chi connectivity index (χ0n) is 14.8. The number of fused-ring (bicyclic) bond motifs is 1. The van der Waals surface area contributed by atoms with E-state index in [0.29, 0.717) is 24.1 Å². The van der Waals surface area contributed by atoms with E-state index in [4.69, 9.17) is 4.74 Å². The van der Waals surface area contributed by atoms with Gasteiger partial charge in [-0.25, -0.2) is 4.98 Å². The number of pyridine rings is 1. The third kappa shape index (κ3) is 4.04. The van der Waals surface area contributed by atoms with Gasteiger partial charge in [0.25, 0.3) is 0 Å². The van der Waals surface area contributed by atoms with E-state index in [1.165, 1.54) is 42.6 Å². The predicted molar refractivity (Wildman–Crippen MR) is 105 cm³/mol. The average molecular weight is 369 g/mol. The smallest absolute Gasteiger partial charge is 0.239 e. The summed E-state index contributed by atoms with van der Waals surface area (Å²) in [6.07, 6.45) is 8.86. The van der Waals surface area contributed by atoms with Crippen molar-refractivity contribution in [3.63, 3.8) is 0 Å². The fraction of sp³-hybridized carbons (Fsp3) is 0.429. The molecule has 1 aromatic carbocycles. The number of hydrogen-bond acceptors (Lipinski definition) is 4. The van der Waals surface area contributed by atoms with Crippen LogP contribution in [0.4, 0.5) is 5.82 Å². The van der Waals surface area contributed by atoms with Gasteiger partial charge in [-0.1, -0.05) is 37.5 Å². The van der Waals surface area contributed by atoms with Gasteiger partial charge in [0, 0.05) is 11.1 Å². The number of rotatable bonds is 5. The minimum atomic E-state index is -0.111. The number of anilines is 1. The van der Waals surface area contributed by atoms with Crippen LogP contribution in [0.1, 0.15) is 37.7 Å². The highest BCUT2D eigenvalue weighted by atomic mass is 32.2. The van der Waals surface area contributed by atoms with Crippen molar-refractivity contribution in [2.75, 3.05) is 11.9 Å². The van der Waals surface area contributed by atoms with E-state index >= 15 is 0 Å². The molecule has 2 aliphatic rings. The summed E-state index contributed by atoms with van der Waals surface area (Å²) in [5.41, 5.74) is 1.24. The zero-order valence-corrected chi connectivity index (χ0v) is 15.6. The number of benzene rings is 1. The summed E-state index contributed by atoms with van der Waals surface area (Å²) in [4.78, 5) is 18.2. The molecule has 1 atom stereocenters. The Morgan fingerprint density at radius 1 is 1.15 bits per heavy atom. The standard InChI is InChI=1S/C21H24N2O2S/c24-21(19-13-16-9-4-5-11-18(16)26-19)23-20-17(10-6-12-22-20)25-14-15-7-2-1-3-8-15/h4-6,9-12,15,19H,1-3,7-8,13-14H2,(H,22,23,24). The van der Waals surface area contributed by atoms with Crippen molar-refractivity contribution in [1.29, 1.82) is 0 Å². The van der Waals surface area contributed by atoms with E-state index in [1.54, 1.807) is 18.0 Å². The molecule has 2 heterocycles. The van der Waals surface area contributed by atoms with Crippen molar-refractivity contribution in [2.45, 2.75) is 48.7 Å². The number of ether oxygens (including phenoxy) is 1. The van der Waals surface area contributed by atoms with Crippen molar-refractivity contribution in [3.8, 4) is 5.75 Å². The highest BCUT2D eigenvalue weighted by molar-refractivity contribution is 8.01. The lowest BCUT2D eigenvalue weighted by Crippen LogP contribution is -2.25. The summed E-state index contributed by atoms with van der Waals surface area (Å²) in [5, 5.41) is 2.87. The van der Waals surface area contributed by atoms with E-state index < -0.39 is 0 Å². The quantitative estimate of drug-likeness (QED) is 0.831. The fourth-order valence-corrected chi connectivity index (χ4v) is 4.88. The molecule has 1 aliphatic heterocycles.